The topological polar surface area (TPSA) is 73.0 Å². The average Bonchev–Trinajstić information content (AvgIpc) is 3.07. The van der Waals surface area contributed by atoms with E-state index >= 15 is 0 Å². The van der Waals surface area contributed by atoms with Crippen molar-refractivity contribution in [3.8, 4) is 5.69 Å². The zero-order valence-electron chi connectivity index (χ0n) is 12.6. The van der Waals surface area contributed by atoms with Gasteiger partial charge >= 0.3 is 0 Å². The predicted molar refractivity (Wildman–Crippen MR) is 82.2 cm³/mol. The van der Waals surface area contributed by atoms with E-state index in [4.69, 9.17) is 4.52 Å². The van der Waals surface area contributed by atoms with Crippen LogP contribution in [0.4, 0.5) is 5.69 Å². The number of hydrogen-bond acceptors (Lipinski definition) is 4. The highest BCUT2D eigenvalue weighted by Gasteiger charge is 2.18. The molecule has 0 aliphatic rings. The molecule has 6 heteroatoms. The van der Waals surface area contributed by atoms with E-state index in [1.807, 2.05) is 44.2 Å². The molecular weight excluding hydrogens is 280 g/mol. The Morgan fingerprint density at radius 2 is 1.91 bits per heavy atom. The van der Waals surface area contributed by atoms with Crippen LogP contribution < -0.4 is 5.32 Å². The third kappa shape index (κ3) is 2.50. The summed E-state index contributed by atoms with van der Waals surface area (Å²) in [5, 5.41) is 11.1. The molecule has 0 saturated heterocycles. The Morgan fingerprint density at radius 3 is 2.55 bits per heavy atom. The first kappa shape index (κ1) is 14.1. The molecule has 0 saturated carbocycles. The number of amides is 1. The first-order valence-electron chi connectivity index (χ1n) is 6.92. The number of nitrogens with one attached hydrogen (secondary N) is 1. The molecule has 0 spiro atoms. The fourth-order valence-corrected chi connectivity index (χ4v) is 2.30. The maximum Gasteiger partial charge on any atom is 0.277 e. The summed E-state index contributed by atoms with van der Waals surface area (Å²) in [6, 6.07) is 11.4. The van der Waals surface area contributed by atoms with Crippen LogP contribution in [0.2, 0.25) is 0 Å². The monoisotopic (exact) mass is 296 g/mol. The molecule has 2 aromatic heterocycles. The lowest BCUT2D eigenvalue weighted by molar-refractivity contribution is 0.101. The van der Waals surface area contributed by atoms with Gasteiger partial charge in [-0.2, -0.15) is 5.10 Å². The number of hydrogen-bond donors (Lipinski definition) is 1. The number of aromatic nitrogens is 3. The molecule has 1 aromatic carbocycles. The lowest BCUT2D eigenvalue weighted by atomic mass is 10.2. The Balaban J connectivity index is 1.92. The molecule has 3 rings (SSSR count). The second kappa shape index (κ2) is 5.48. The van der Waals surface area contributed by atoms with E-state index in [1.54, 1.807) is 17.7 Å². The molecule has 0 atom stereocenters. The summed E-state index contributed by atoms with van der Waals surface area (Å²) in [4.78, 5) is 12.2. The lowest BCUT2D eigenvalue weighted by Crippen LogP contribution is -2.13. The van der Waals surface area contributed by atoms with Gasteiger partial charge in [0.15, 0.2) is 5.69 Å². The first-order chi connectivity index (χ1) is 10.6. The highest BCUT2D eigenvalue weighted by molar-refractivity contribution is 6.03. The maximum absolute atomic E-state index is 12.2. The number of para-hydroxylation sites is 1. The van der Waals surface area contributed by atoms with Gasteiger partial charge in [-0.25, -0.2) is 4.68 Å². The summed E-state index contributed by atoms with van der Waals surface area (Å²) in [6.07, 6.45) is 0. The van der Waals surface area contributed by atoms with Gasteiger partial charge < -0.3 is 9.84 Å². The van der Waals surface area contributed by atoms with Crippen molar-refractivity contribution < 1.29 is 9.32 Å². The van der Waals surface area contributed by atoms with Crippen LogP contribution in [0.15, 0.2) is 40.9 Å². The van der Waals surface area contributed by atoms with Gasteiger partial charge in [0.25, 0.3) is 5.91 Å². The first-order valence-corrected chi connectivity index (χ1v) is 6.92. The second-order valence-electron chi connectivity index (χ2n) is 5.07. The number of benzene rings is 1. The van der Waals surface area contributed by atoms with Crippen LogP contribution in [0.3, 0.4) is 0 Å². The quantitative estimate of drug-likeness (QED) is 0.806. The van der Waals surface area contributed by atoms with Crippen LogP contribution in [-0.2, 0) is 0 Å². The van der Waals surface area contributed by atoms with Crippen LogP contribution in [0.1, 0.15) is 27.6 Å². The van der Waals surface area contributed by atoms with Gasteiger partial charge in [0.2, 0.25) is 0 Å². The van der Waals surface area contributed by atoms with Gasteiger partial charge in [0, 0.05) is 6.07 Å². The summed E-state index contributed by atoms with van der Waals surface area (Å²) in [7, 11) is 0. The largest absolute Gasteiger partial charge is 0.361 e. The smallest absolute Gasteiger partial charge is 0.277 e. The van der Waals surface area contributed by atoms with Crippen LogP contribution in [0, 0.1) is 20.8 Å². The zero-order valence-corrected chi connectivity index (χ0v) is 12.6. The van der Waals surface area contributed by atoms with E-state index in [-0.39, 0.29) is 11.6 Å². The van der Waals surface area contributed by atoms with Crippen molar-refractivity contribution in [2.45, 2.75) is 20.8 Å². The lowest BCUT2D eigenvalue weighted by Gasteiger charge is -2.05. The van der Waals surface area contributed by atoms with Gasteiger partial charge in [-0.15, -0.1) is 0 Å². The maximum atomic E-state index is 12.2. The van der Waals surface area contributed by atoms with Crippen molar-refractivity contribution in [3.63, 3.8) is 0 Å². The Bertz CT molecular complexity index is 818. The summed E-state index contributed by atoms with van der Waals surface area (Å²) < 4.78 is 6.73. The van der Waals surface area contributed by atoms with E-state index in [2.05, 4.69) is 15.6 Å². The van der Waals surface area contributed by atoms with Gasteiger partial charge in [-0.3, -0.25) is 4.79 Å². The fourth-order valence-electron chi connectivity index (χ4n) is 2.30. The third-order valence-corrected chi connectivity index (χ3v) is 3.39. The molecule has 0 bridgehead atoms. The van der Waals surface area contributed by atoms with Gasteiger partial charge in [-0.1, -0.05) is 23.4 Å². The van der Waals surface area contributed by atoms with Gasteiger partial charge in [0.05, 0.1) is 22.8 Å². The third-order valence-electron chi connectivity index (χ3n) is 3.39. The molecule has 1 N–H and O–H groups in total. The molecule has 0 radical (unpaired) electrons. The fraction of sp³-hybridized carbons (Fsp3) is 0.188. The molecule has 3 aromatic rings. The number of carbonyl (C=O) groups excluding carboxylic acids is 1. The van der Waals surface area contributed by atoms with Crippen molar-refractivity contribution in [2.75, 3.05) is 5.32 Å². The minimum Gasteiger partial charge on any atom is -0.361 e. The molecular formula is C16H16N4O2. The van der Waals surface area contributed by atoms with Crippen molar-refractivity contribution in [1.29, 1.82) is 0 Å². The zero-order chi connectivity index (χ0) is 15.7. The number of anilines is 1. The van der Waals surface area contributed by atoms with E-state index < -0.39 is 0 Å². The second-order valence-corrected chi connectivity index (χ2v) is 5.07. The van der Waals surface area contributed by atoms with Gasteiger partial charge in [-0.05, 0) is 32.9 Å². The van der Waals surface area contributed by atoms with Crippen molar-refractivity contribution in [2.24, 2.45) is 0 Å². The van der Waals surface area contributed by atoms with E-state index in [1.165, 1.54) is 0 Å². The van der Waals surface area contributed by atoms with Crippen LogP contribution in [0.25, 0.3) is 5.69 Å². The van der Waals surface area contributed by atoms with Crippen molar-refractivity contribution >= 4 is 11.6 Å². The highest BCUT2D eigenvalue weighted by Crippen LogP contribution is 2.23. The average molecular weight is 296 g/mol. The van der Waals surface area contributed by atoms with E-state index in [0.29, 0.717) is 11.4 Å². The molecule has 2 heterocycles. The Hall–Kier alpha value is -2.89. The molecule has 0 unspecified atom stereocenters. The minimum absolute atomic E-state index is 0.253. The summed E-state index contributed by atoms with van der Waals surface area (Å²) in [6.45, 7) is 5.51. The van der Waals surface area contributed by atoms with Crippen molar-refractivity contribution in [3.05, 3.63) is 59.2 Å². The number of carbonyl (C=O) groups is 1. The molecule has 0 aliphatic heterocycles. The number of aryl methyl sites for hydroxylation is 2. The Kier molecular flexibility index (Phi) is 3.50. The standard InChI is InChI=1S/C16H16N4O2/c1-10-9-14(19-22-10)16(21)17-15-11(2)18-20(12(15)3)13-7-5-4-6-8-13/h4-9H,1-3H3,(H,17,21). The van der Waals surface area contributed by atoms with Crippen LogP contribution in [0.5, 0.6) is 0 Å². The molecule has 0 aliphatic carbocycles. The minimum atomic E-state index is -0.310. The summed E-state index contributed by atoms with van der Waals surface area (Å²) in [5.74, 6) is 0.286. The molecule has 1 amide bonds. The normalized spacial score (nSPS) is 10.7. The Labute approximate surface area is 127 Å². The predicted octanol–water partition coefficient (Wildman–Crippen LogP) is 3.04. The highest BCUT2D eigenvalue weighted by atomic mass is 16.5. The van der Waals surface area contributed by atoms with Crippen molar-refractivity contribution in [1.82, 2.24) is 14.9 Å². The van der Waals surface area contributed by atoms with E-state index in [9.17, 15) is 4.79 Å². The summed E-state index contributed by atoms with van der Waals surface area (Å²) >= 11 is 0. The summed E-state index contributed by atoms with van der Waals surface area (Å²) in [5.41, 5.74) is 3.49. The van der Waals surface area contributed by atoms with Crippen LogP contribution >= 0.6 is 0 Å². The van der Waals surface area contributed by atoms with Gasteiger partial charge in [0.1, 0.15) is 5.76 Å². The molecule has 22 heavy (non-hydrogen) atoms. The Morgan fingerprint density at radius 1 is 1.18 bits per heavy atom. The van der Waals surface area contributed by atoms with E-state index in [0.717, 1.165) is 17.1 Å². The molecule has 0 fully saturated rings. The molecule has 6 nitrogen and oxygen atoms in total. The number of rotatable bonds is 3. The molecule has 112 valence electrons. The SMILES string of the molecule is Cc1cc(C(=O)Nc2c(C)nn(-c3ccccc3)c2C)no1. The number of nitrogens with zero attached hydrogens (tertiary/aromatic N) is 3. The van der Waals surface area contributed by atoms with Crippen LogP contribution in [-0.4, -0.2) is 20.8 Å².